The number of phenols is 1. The highest BCUT2D eigenvalue weighted by Crippen LogP contribution is 2.19. The van der Waals surface area contributed by atoms with E-state index in [0.717, 1.165) is 10.8 Å². The first-order valence-corrected chi connectivity index (χ1v) is 3.98. The van der Waals surface area contributed by atoms with Crippen LogP contribution in [0.4, 0.5) is 0 Å². The number of aromatic hydroxyl groups is 1. The molecule has 1 heterocycles. The fourth-order valence-electron chi connectivity index (χ4n) is 1.26. The third-order valence-electron chi connectivity index (χ3n) is 1.92. The molecule has 0 aliphatic carbocycles. The van der Waals surface area contributed by atoms with Crippen molar-refractivity contribution in [3.63, 3.8) is 0 Å². The van der Waals surface area contributed by atoms with E-state index in [0.29, 0.717) is 5.69 Å². The van der Waals surface area contributed by atoms with E-state index >= 15 is 0 Å². The smallest absolute Gasteiger partial charge is 0.116 e. The van der Waals surface area contributed by atoms with Crippen LogP contribution in [-0.2, 0) is 6.61 Å². The zero-order valence-electron chi connectivity index (χ0n) is 6.94. The highest BCUT2D eigenvalue weighted by molar-refractivity contribution is 5.83. The van der Waals surface area contributed by atoms with Gasteiger partial charge < -0.3 is 10.2 Å². The molecule has 0 bridgehead atoms. The van der Waals surface area contributed by atoms with E-state index in [9.17, 15) is 5.11 Å². The second kappa shape index (κ2) is 3.03. The van der Waals surface area contributed by atoms with Crippen molar-refractivity contribution >= 4 is 10.8 Å². The molecule has 66 valence electrons. The summed E-state index contributed by atoms with van der Waals surface area (Å²) in [5.74, 6) is 0.225. The summed E-state index contributed by atoms with van der Waals surface area (Å²) >= 11 is 0. The summed E-state index contributed by atoms with van der Waals surface area (Å²) in [6.45, 7) is -0.0778. The fourth-order valence-corrected chi connectivity index (χ4v) is 1.26. The Morgan fingerprint density at radius 1 is 1.15 bits per heavy atom. The number of pyridine rings is 1. The maximum absolute atomic E-state index is 9.21. The quantitative estimate of drug-likeness (QED) is 0.689. The maximum Gasteiger partial charge on any atom is 0.116 e. The van der Waals surface area contributed by atoms with Crippen molar-refractivity contribution in [2.75, 3.05) is 0 Å². The molecule has 0 radical (unpaired) electrons. The number of aliphatic hydroxyl groups excluding tert-OH is 1. The fraction of sp³-hybridized carbons (Fsp3) is 0.100. The predicted octanol–water partition coefficient (Wildman–Crippen LogP) is 1.43. The number of aromatic nitrogens is 1. The van der Waals surface area contributed by atoms with Gasteiger partial charge in [-0.3, -0.25) is 4.98 Å². The van der Waals surface area contributed by atoms with Crippen LogP contribution in [0.15, 0.2) is 30.5 Å². The van der Waals surface area contributed by atoms with Crippen molar-refractivity contribution in [3.05, 3.63) is 36.2 Å². The van der Waals surface area contributed by atoms with Gasteiger partial charge in [0.1, 0.15) is 5.75 Å². The Morgan fingerprint density at radius 3 is 2.77 bits per heavy atom. The SMILES string of the molecule is OCc1cc2cc(O)ccc2cn1. The largest absolute Gasteiger partial charge is 0.508 e. The van der Waals surface area contributed by atoms with Gasteiger partial charge in [-0.2, -0.15) is 0 Å². The van der Waals surface area contributed by atoms with Gasteiger partial charge >= 0.3 is 0 Å². The van der Waals surface area contributed by atoms with E-state index in [1.54, 1.807) is 30.5 Å². The van der Waals surface area contributed by atoms with Crippen molar-refractivity contribution in [2.45, 2.75) is 6.61 Å². The van der Waals surface area contributed by atoms with Gasteiger partial charge in [-0.15, -0.1) is 0 Å². The van der Waals surface area contributed by atoms with E-state index in [2.05, 4.69) is 4.98 Å². The first kappa shape index (κ1) is 8.01. The summed E-state index contributed by atoms with van der Waals surface area (Å²) in [7, 11) is 0. The Labute approximate surface area is 75.3 Å². The van der Waals surface area contributed by atoms with Crippen molar-refractivity contribution in [2.24, 2.45) is 0 Å². The number of hydrogen-bond acceptors (Lipinski definition) is 3. The van der Waals surface area contributed by atoms with Crippen LogP contribution in [0.3, 0.4) is 0 Å². The number of rotatable bonds is 1. The average Bonchev–Trinajstić information content (AvgIpc) is 2.16. The topological polar surface area (TPSA) is 53.4 Å². The van der Waals surface area contributed by atoms with Gasteiger partial charge in [-0.25, -0.2) is 0 Å². The summed E-state index contributed by atoms with van der Waals surface area (Å²) in [5.41, 5.74) is 0.609. The maximum atomic E-state index is 9.21. The zero-order valence-corrected chi connectivity index (χ0v) is 6.94. The molecule has 0 spiro atoms. The molecule has 3 nitrogen and oxygen atoms in total. The van der Waals surface area contributed by atoms with Crippen molar-refractivity contribution in [3.8, 4) is 5.75 Å². The minimum atomic E-state index is -0.0778. The molecule has 1 aromatic heterocycles. The molecule has 0 aliphatic rings. The van der Waals surface area contributed by atoms with Crippen molar-refractivity contribution in [1.82, 2.24) is 4.98 Å². The number of nitrogens with zero attached hydrogens (tertiary/aromatic N) is 1. The Morgan fingerprint density at radius 2 is 2.00 bits per heavy atom. The highest BCUT2D eigenvalue weighted by atomic mass is 16.3. The van der Waals surface area contributed by atoms with E-state index in [-0.39, 0.29) is 12.4 Å². The van der Waals surface area contributed by atoms with Crippen LogP contribution in [0.2, 0.25) is 0 Å². The van der Waals surface area contributed by atoms with Crippen LogP contribution >= 0.6 is 0 Å². The third-order valence-corrected chi connectivity index (χ3v) is 1.92. The summed E-state index contributed by atoms with van der Waals surface area (Å²) in [5, 5.41) is 19.9. The lowest BCUT2D eigenvalue weighted by Gasteiger charge is -2.00. The molecule has 2 N–H and O–H groups in total. The standard InChI is InChI=1S/C10H9NO2/c12-6-9-3-8-4-10(13)2-1-7(8)5-11-9/h1-5,12-13H,6H2. The predicted molar refractivity (Wildman–Crippen MR) is 49.3 cm³/mol. The van der Waals surface area contributed by atoms with Crippen LogP contribution in [0, 0.1) is 0 Å². The summed E-state index contributed by atoms with van der Waals surface area (Å²) < 4.78 is 0. The van der Waals surface area contributed by atoms with Crippen molar-refractivity contribution in [1.29, 1.82) is 0 Å². The molecule has 0 unspecified atom stereocenters. The minimum Gasteiger partial charge on any atom is -0.508 e. The molecule has 0 amide bonds. The Balaban J connectivity index is 2.68. The number of benzene rings is 1. The normalized spacial score (nSPS) is 10.5. The van der Waals surface area contributed by atoms with Gasteiger partial charge in [0.15, 0.2) is 0 Å². The summed E-state index contributed by atoms with van der Waals surface area (Å²) in [4.78, 5) is 4.02. The van der Waals surface area contributed by atoms with Crippen LogP contribution in [0.1, 0.15) is 5.69 Å². The molecular formula is C10H9NO2. The molecular weight excluding hydrogens is 166 g/mol. The first-order valence-electron chi connectivity index (χ1n) is 3.98. The minimum absolute atomic E-state index is 0.0778. The van der Waals surface area contributed by atoms with E-state index in [1.165, 1.54) is 0 Å². The number of aliphatic hydroxyl groups is 1. The summed E-state index contributed by atoms with van der Waals surface area (Å²) in [6, 6.07) is 6.81. The number of phenolic OH excluding ortho intramolecular Hbond substituents is 1. The molecule has 0 saturated carbocycles. The molecule has 3 heteroatoms. The summed E-state index contributed by atoms with van der Waals surface area (Å²) in [6.07, 6.45) is 1.68. The number of fused-ring (bicyclic) bond motifs is 1. The van der Waals surface area contributed by atoms with Crippen LogP contribution in [0.25, 0.3) is 10.8 Å². The molecule has 1 aromatic carbocycles. The lowest BCUT2D eigenvalue weighted by molar-refractivity contribution is 0.277. The molecule has 0 saturated heterocycles. The molecule has 2 rings (SSSR count). The molecule has 0 atom stereocenters. The third kappa shape index (κ3) is 1.46. The second-order valence-corrected chi connectivity index (χ2v) is 2.87. The highest BCUT2D eigenvalue weighted by Gasteiger charge is 1.97. The molecule has 13 heavy (non-hydrogen) atoms. The number of hydrogen-bond donors (Lipinski definition) is 2. The lowest BCUT2D eigenvalue weighted by Crippen LogP contribution is -1.87. The van der Waals surface area contributed by atoms with Gasteiger partial charge in [0.05, 0.1) is 12.3 Å². The van der Waals surface area contributed by atoms with Gasteiger partial charge in [0, 0.05) is 11.6 Å². The Hall–Kier alpha value is -1.61. The second-order valence-electron chi connectivity index (χ2n) is 2.87. The van der Waals surface area contributed by atoms with Gasteiger partial charge in [-0.05, 0) is 29.7 Å². The van der Waals surface area contributed by atoms with Gasteiger partial charge in [-0.1, -0.05) is 0 Å². The van der Waals surface area contributed by atoms with Crippen LogP contribution in [0.5, 0.6) is 5.75 Å². The van der Waals surface area contributed by atoms with Crippen LogP contribution in [-0.4, -0.2) is 15.2 Å². The average molecular weight is 175 g/mol. The molecule has 0 aliphatic heterocycles. The van der Waals surface area contributed by atoms with Gasteiger partial charge in [0.2, 0.25) is 0 Å². The molecule has 0 fully saturated rings. The first-order chi connectivity index (χ1) is 6.29. The molecule has 2 aromatic rings. The van der Waals surface area contributed by atoms with E-state index in [4.69, 9.17) is 5.11 Å². The zero-order chi connectivity index (χ0) is 9.26. The van der Waals surface area contributed by atoms with E-state index < -0.39 is 0 Å². The van der Waals surface area contributed by atoms with Crippen LogP contribution < -0.4 is 0 Å². The van der Waals surface area contributed by atoms with Gasteiger partial charge in [0.25, 0.3) is 0 Å². The van der Waals surface area contributed by atoms with E-state index in [1.807, 2.05) is 0 Å². The lowest BCUT2D eigenvalue weighted by atomic mass is 10.1. The Kier molecular flexibility index (Phi) is 1.87. The van der Waals surface area contributed by atoms with Crippen molar-refractivity contribution < 1.29 is 10.2 Å². The Bertz CT molecular complexity index is 440. The monoisotopic (exact) mass is 175 g/mol.